The van der Waals surface area contributed by atoms with Gasteiger partial charge in [0.05, 0.1) is 0 Å². The number of aryl methyl sites for hydroxylation is 3. The average Bonchev–Trinajstić information content (AvgIpc) is 3.19. The highest BCUT2D eigenvalue weighted by Crippen LogP contribution is 2.19. The van der Waals surface area contributed by atoms with Crippen LogP contribution in [0.1, 0.15) is 50.4 Å². The molecule has 0 aliphatic rings. The largest absolute Gasteiger partial charge is 0.361 e. The molecule has 1 N–H and O–H groups in total. The van der Waals surface area contributed by atoms with Crippen LogP contribution in [0.5, 0.6) is 0 Å². The first-order valence-electron chi connectivity index (χ1n) is 8.80. The first-order chi connectivity index (χ1) is 11.4. The molecule has 0 aliphatic heterocycles. The molecule has 23 heavy (non-hydrogen) atoms. The molecule has 0 bridgehead atoms. The Balaban J connectivity index is 1.52. The lowest BCUT2D eigenvalue weighted by atomic mass is 10.1. The summed E-state index contributed by atoms with van der Waals surface area (Å²) in [4.78, 5) is 3.35. The maximum atomic E-state index is 4.30. The van der Waals surface area contributed by atoms with Crippen molar-refractivity contribution in [2.45, 2.75) is 58.4 Å². The van der Waals surface area contributed by atoms with E-state index in [1.165, 1.54) is 42.1 Å². The van der Waals surface area contributed by atoms with Gasteiger partial charge >= 0.3 is 0 Å². The summed E-state index contributed by atoms with van der Waals surface area (Å²) in [5.41, 5.74) is 2.62. The molecule has 0 atom stereocenters. The Bertz CT molecular complexity index is 726. The van der Waals surface area contributed by atoms with Gasteiger partial charge in [-0.3, -0.25) is 0 Å². The first kappa shape index (κ1) is 15.8. The van der Waals surface area contributed by atoms with Crippen LogP contribution in [0.2, 0.25) is 0 Å². The van der Waals surface area contributed by atoms with E-state index in [-0.39, 0.29) is 0 Å². The van der Waals surface area contributed by atoms with Crippen LogP contribution in [0.15, 0.2) is 36.8 Å². The summed E-state index contributed by atoms with van der Waals surface area (Å²) in [5, 5.41) is 9.74. The molecule has 0 saturated carbocycles. The molecule has 4 nitrogen and oxygen atoms in total. The topological polar surface area (TPSA) is 46.5 Å². The highest BCUT2D eigenvalue weighted by Gasteiger charge is 2.06. The number of nitrogens with one attached hydrogen (secondary N) is 1. The van der Waals surface area contributed by atoms with Gasteiger partial charge in [-0.1, -0.05) is 44.4 Å². The molecule has 2 heterocycles. The first-order valence-corrected chi connectivity index (χ1v) is 8.80. The van der Waals surface area contributed by atoms with Gasteiger partial charge in [0.25, 0.3) is 0 Å². The molecule has 0 amide bonds. The fraction of sp³-hybridized carbons (Fsp3) is 0.474. The van der Waals surface area contributed by atoms with Crippen molar-refractivity contribution in [2.24, 2.45) is 0 Å². The second-order valence-electron chi connectivity index (χ2n) is 6.21. The van der Waals surface area contributed by atoms with Crippen molar-refractivity contribution in [3.05, 3.63) is 48.2 Å². The van der Waals surface area contributed by atoms with Crippen LogP contribution < -0.4 is 0 Å². The summed E-state index contributed by atoms with van der Waals surface area (Å²) in [6.45, 7) is 3.30. The molecule has 3 rings (SSSR count). The van der Waals surface area contributed by atoms with Crippen LogP contribution in [0.25, 0.3) is 10.9 Å². The molecule has 3 aromatic rings. The Labute approximate surface area is 137 Å². The number of rotatable bonds is 9. The van der Waals surface area contributed by atoms with Crippen molar-refractivity contribution in [3.63, 3.8) is 0 Å². The lowest BCUT2D eigenvalue weighted by Gasteiger charge is -2.06. The van der Waals surface area contributed by atoms with Crippen molar-refractivity contribution in [1.82, 2.24) is 19.7 Å². The summed E-state index contributed by atoms with van der Waals surface area (Å²) in [6.07, 6.45) is 12.3. The normalized spacial score (nSPS) is 11.3. The van der Waals surface area contributed by atoms with E-state index in [1.54, 1.807) is 0 Å². The third kappa shape index (κ3) is 4.01. The van der Waals surface area contributed by atoms with Crippen LogP contribution in [-0.4, -0.2) is 19.7 Å². The zero-order valence-electron chi connectivity index (χ0n) is 14.0. The highest BCUT2D eigenvalue weighted by atomic mass is 15.3. The Kier molecular flexibility index (Phi) is 5.46. The number of fused-ring (bicyclic) bond motifs is 1. The molecule has 0 radical (unpaired) electrons. The molecule has 1 aromatic carbocycles. The molecule has 0 fully saturated rings. The van der Waals surface area contributed by atoms with E-state index in [4.69, 9.17) is 0 Å². The SMILES string of the molecule is CCCCCCn1cnnc1CCCc1c[nH]c2ccccc12. The van der Waals surface area contributed by atoms with Crippen LogP contribution in [0.4, 0.5) is 0 Å². The van der Waals surface area contributed by atoms with Gasteiger partial charge in [-0.25, -0.2) is 0 Å². The van der Waals surface area contributed by atoms with Crippen molar-refractivity contribution < 1.29 is 0 Å². The summed E-state index contributed by atoms with van der Waals surface area (Å²) in [5.74, 6) is 1.13. The summed E-state index contributed by atoms with van der Waals surface area (Å²) in [7, 11) is 0. The lowest BCUT2D eigenvalue weighted by molar-refractivity contribution is 0.559. The predicted octanol–water partition coefficient (Wildman–Crippen LogP) is 4.52. The van der Waals surface area contributed by atoms with Crippen LogP contribution in [0, 0.1) is 0 Å². The molecule has 4 heteroatoms. The number of hydrogen-bond donors (Lipinski definition) is 1. The minimum atomic E-state index is 0.993. The number of unbranched alkanes of at least 4 members (excludes halogenated alkanes) is 3. The second-order valence-corrected chi connectivity index (χ2v) is 6.21. The van der Waals surface area contributed by atoms with Gasteiger partial charge in [0, 0.05) is 30.1 Å². The van der Waals surface area contributed by atoms with Gasteiger partial charge in [-0.2, -0.15) is 0 Å². The quantitative estimate of drug-likeness (QED) is 0.591. The second kappa shape index (κ2) is 7.95. The standard InChI is InChI=1S/C19H26N4/c1-2-3-4-7-13-23-15-21-22-19(23)12-8-9-16-14-20-18-11-6-5-10-17(16)18/h5-6,10-11,14-15,20H,2-4,7-9,12-13H2,1H3. The van der Waals surface area contributed by atoms with Gasteiger partial charge in [0.15, 0.2) is 0 Å². The highest BCUT2D eigenvalue weighted by molar-refractivity contribution is 5.82. The predicted molar refractivity (Wildman–Crippen MR) is 94.5 cm³/mol. The van der Waals surface area contributed by atoms with E-state index in [2.05, 4.69) is 57.1 Å². The molecule has 0 aliphatic carbocycles. The van der Waals surface area contributed by atoms with Crippen molar-refractivity contribution >= 4 is 10.9 Å². The maximum absolute atomic E-state index is 4.30. The molecule has 0 unspecified atom stereocenters. The van der Waals surface area contributed by atoms with Crippen molar-refractivity contribution in [3.8, 4) is 0 Å². The van der Waals surface area contributed by atoms with Crippen molar-refractivity contribution in [2.75, 3.05) is 0 Å². The molecule has 0 saturated heterocycles. The van der Waals surface area contributed by atoms with Crippen LogP contribution in [-0.2, 0) is 19.4 Å². The monoisotopic (exact) mass is 310 g/mol. The van der Waals surface area contributed by atoms with Gasteiger partial charge in [-0.15, -0.1) is 10.2 Å². The Hall–Kier alpha value is -2.10. The van der Waals surface area contributed by atoms with E-state index in [9.17, 15) is 0 Å². The summed E-state index contributed by atoms with van der Waals surface area (Å²) < 4.78 is 2.23. The van der Waals surface area contributed by atoms with E-state index in [1.807, 2.05) is 6.33 Å². The van der Waals surface area contributed by atoms with E-state index < -0.39 is 0 Å². The molecule has 122 valence electrons. The van der Waals surface area contributed by atoms with Gasteiger partial charge < -0.3 is 9.55 Å². The molecular formula is C19H26N4. The number of H-pyrrole nitrogens is 1. The van der Waals surface area contributed by atoms with Crippen molar-refractivity contribution in [1.29, 1.82) is 0 Å². The van der Waals surface area contributed by atoms with Gasteiger partial charge in [0.1, 0.15) is 12.2 Å². The van der Waals surface area contributed by atoms with Gasteiger partial charge in [0.2, 0.25) is 0 Å². The number of aromatic amines is 1. The zero-order chi connectivity index (χ0) is 15.9. The minimum Gasteiger partial charge on any atom is -0.361 e. The number of benzene rings is 1. The molecule has 0 spiro atoms. The van der Waals surface area contributed by atoms with E-state index >= 15 is 0 Å². The van der Waals surface area contributed by atoms with E-state index in [0.29, 0.717) is 0 Å². The number of hydrogen-bond acceptors (Lipinski definition) is 2. The number of para-hydroxylation sites is 1. The molecule has 2 aromatic heterocycles. The summed E-state index contributed by atoms with van der Waals surface area (Å²) >= 11 is 0. The Morgan fingerprint density at radius 3 is 2.87 bits per heavy atom. The zero-order valence-corrected chi connectivity index (χ0v) is 14.0. The third-order valence-corrected chi connectivity index (χ3v) is 4.47. The summed E-state index contributed by atoms with van der Waals surface area (Å²) in [6, 6.07) is 8.50. The number of aromatic nitrogens is 4. The van der Waals surface area contributed by atoms with Crippen LogP contribution in [0.3, 0.4) is 0 Å². The van der Waals surface area contributed by atoms with Gasteiger partial charge in [-0.05, 0) is 30.9 Å². The fourth-order valence-corrected chi connectivity index (χ4v) is 3.14. The Morgan fingerprint density at radius 1 is 1.04 bits per heavy atom. The lowest BCUT2D eigenvalue weighted by Crippen LogP contribution is -2.04. The maximum Gasteiger partial charge on any atom is 0.132 e. The third-order valence-electron chi connectivity index (χ3n) is 4.47. The Morgan fingerprint density at radius 2 is 1.96 bits per heavy atom. The van der Waals surface area contributed by atoms with E-state index in [0.717, 1.165) is 31.6 Å². The average molecular weight is 310 g/mol. The number of nitrogens with zero attached hydrogens (tertiary/aromatic N) is 3. The minimum absolute atomic E-state index is 0.993. The van der Waals surface area contributed by atoms with Crippen LogP contribution >= 0.6 is 0 Å². The molecular weight excluding hydrogens is 284 g/mol. The smallest absolute Gasteiger partial charge is 0.132 e. The fourth-order valence-electron chi connectivity index (χ4n) is 3.14.